The van der Waals surface area contributed by atoms with Crippen molar-refractivity contribution in [1.82, 2.24) is 15.2 Å². The second-order valence-corrected chi connectivity index (χ2v) is 7.21. The molecule has 0 bridgehead atoms. The molecule has 1 N–H and O–H groups in total. The number of rotatable bonds is 6. The van der Waals surface area contributed by atoms with Crippen molar-refractivity contribution in [3.8, 4) is 11.3 Å². The predicted molar refractivity (Wildman–Crippen MR) is 113 cm³/mol. The molecule has 7 nitrogen and oxygen atoms in total. The molecule has 1 aliphatic rings. The molecule has 0 saturated carbocycles. The van der Waals surface area contributed by atoms with Gasteiger partial charge in [0.2, 0.25) is 0 Å². The maximum atomic E-state index is 10.9. The van der Waals surface area contributed by atoms with E-state index in [0.29, 0.717) is 10.9 Å². The number of thiocarbonyl (C=S) groups is 1. The van der Waals surface area contributed by atoms with Crippen molar-refractivity contribution in [3.05, 3.63) is 82.4 Å². The van der Waals surface area contributed by atoms with E-state index in [4.69, 9.17) is 16.6 Å². The molecule has 1 aliphatic heterocycles. The largest absolute Gasteiger partial charge is 0.459 e. The lowest BCUT2D eigenvalue weighted by Gasteiger charge is -2.25. The van der Waals surface area contributed by atoms with Gasteiger partial charge in [0.05, 0.1) is 16.7 Å². The smallest absolute Gasteiger partial charge is 0.269 e. The van der Waals surface area contributed by atoms with E-state index in [1.807, 2.05) is 30.3 Å². The zero-order valence-electron chi connectivity index (χ0n) is 15.8. The SMILES string of the molecule is CCCN1C(=S)N[C@@H](c2ccccn2)[C@H]1c1ccc(-c2ccc([N+](=O)[O-])cc2)o1. The molecule has 0 amide bonds. The number of hydrogen-bond acceptors (Lipinski definition) is 5. The molecule has 3 aromatic rings. The maximum absolute atomic E-state index is 10.9. The second-order valence-electron chi connectivity index (χ2n) is 6.83. The van der Waals surface area contributed by atoms with Gasteiger partial charge in [-0.2, -0.15) is 0 Å². The molecule has 2 aromatic heterocycles. The van der Waals surface area contributed by atoms with Crippen LogP contribution < -0.4 is 5.32 Å². The Kier molecular flexibility index (Phi) is 5.26. The van der Waals surface area contributed by atoms with E-state index in [-0.39, 0.29) is 17.8 Å². The first-order valence-electron chi connectivity index (χ1n) is 9.41. The van der Waals surface area contributed by atoms with Crippen molar-refractivity contribution in [1.29, 1.82) is 0 Å². The fourth-order valence-electron chi connectivity index (χ4n) is 3.61. The average Bonchev–Trinajstić information content (AvgIpc) is 3.34. The van der Waals surface area contributed by atoms with Crippen LogP contribution in [0.4, 0.5) is 5.69 Å². The molecule has 0 aliphatic carbocycles. The Morgan fingerprint density at radius 2 is 2.00 bits per heavy atom. The zero-order chi connectivity index (χ0) is 20.4. The first kappa shape index (κ1) is 19.1. The fourth-order valence-corrected chi connectivity index (χ4v) is 3.94. The van der Waals surface area contributed by atoms with Crippen LogP contribution in [-0.4, -0.2) is 26.5 Å². The van der Waals surface area contributed by atoms with Crippen LogP contribution in [0.25, 0.3) is 11.3 Å². The summed E-state index contributed by atoms with van der Waals surface area (Å²) in [6.45, 7) is 2.91. The minimum absolute atomic E-state index is 0.0511. The third kappa shape index (κ3) is 3.71. The number of aromatic nitrogens is 1. The Bertz CT molecular complexity index is 1020. The number of nitrogens with one attached hydrogen (secondary N) is 1. The number of nitro groups is 1. The van der Waals surface area contributed by atoms with E-state index in [2.05, 4.69) is 22.1 Å². The van der Waals surface area contributed by atoms with Crippen LogP contribution in [0.3, 0.4) is 0 Å². The van der Waals surface area contributed by atoms with E-state index >= 15 is 0 Å². The molecule has 148 valence electrons. The summed E-state index contributed by atoms with van der Waals surface area (Å²) in [7, 11) is 0. The molecular weight excluding hydrogens is 388 g/mol. The predicted octanol–water partition coefficient (Wildman–Crippen LogP) is 4.63. The summed E-state index contributed by atoms with van der Waals surface area (Å²) in [4.78, 5) is 17.1. The normalized spacial score (nSPS) is 18.7. The van der Waals surface area contributed by atoms with Crippen LogP contribution in [0.5, 0.6) is 0 Å². The highest BCUT2D eigenvalue weighted by atomic mass is 32.1. The highest BCUT2D eigenvalue weighted by Crippen LogP contribution is 2.40. The van der Waals surface area contributed by atoms with Crippen LogP contribution in [0.15, 0.2) is 65.2 Å². The van der Waals surface area contributed by atoms with Crippen molar-refractivity contribution in [3.63, 3.8) is 0 Å². The zero-order valence-corrected chi connectivity index (χ0v) is 16.6. The van der Waals surface area contributed by atoms with Crippen molar-refractivity contribution in [2.24, 2.45) is 0 Å². The van der Waals surface area contributed by atoms with Crippen LogP contribution in [0.2, 0.25) is 0 Å². The van der Waals surface area contributed by atoms with Crippen LogP contribution >= 0.6 is 12.2 Å². The topological polar surface area (TPSA) is 84.4 Å². The van der Waals surface area contributed by atoms with Gasteiger partial charge in [-0.1, -0.05) is 13.0 Å². The molecular formula is C21H20N4O3S. The summed E-state index contributed by atoms with van der Waals surface area (Å²) in [6.07, 6.45) is 2.72. The molecule has 0 radical (unpaired) electrons. The Balaban J connectivity index is 1.68. The molecule has 2 atom stereocenters. The van der Waals surface area contributed by atoms with E-state index in [0.717, 1.165) is 30.0 Å². The van der Waals surface area contributed by atoms with Gasteiger partial charge in [-0.05, 0) is 55.0 Å². The highest BCUT2D eigenvalue weighted by Gasteiger charge is 2.41. The van der Waals surface area contributed by atoms with Crippen LogP contribution in [0, 0.1) is 10.1 Å². The van der Waals surface area contributed by atoms with Crippen molar-refractivity contribution in [2.75, 3.05) is 6.54 Å². The minimum Gasteiger partial charge on any atom is -0.459 e. The third-order valence-corrected chi connectivity index (χ3v) is 5.30. The Hall–Kier alpha value is -3.26. The summed E-state index contributed by atoms with van der Waals surface area (Å²) in [5, 5.41) is 14.9. The Morgan fingerprint density at radius 1 is 1.21 bits per heavy atom. The van der Waals surface area contributed by atoms with Gasteiger partial charge in [0.15, 0.2) is 5.11 Å². The first-order chi connectivity index (χ1) is 14.1. The lowest BCUT2D eigenvalue weighted by Crippen LogP contribution is -2.30. The second kappa shape index (κ2) is 8.00. The van der Waals surface area contributed by atoms with Gasteiger partial charge in [-0.15, -0.1) is 0 Å². The number of nitrogens with zero attached hydrogens (tertiary/aromatic N) is 3. The van der Waals surface area contributed by atoms with Crippen molar-refractivity contribution < 1.29 is 9.34 Å². The molecule has 8 heteroatoms. The number of pyridine rings is 1. The molecule has 1 aromatic carbocycles. The third-order valence-electron chi connectivity index (χ3n) is 4.94. The molecule has 1 saturated heterocycles. The summed E-state index contributed by atoms with van der Waals surface area (Å²) < 4.78 is 6.19. The van der Waals surface area contributed by atoms with Gasteiger partial charge in [0.25, 0.3) is 5.69 Å². The highest BCUT2D eigenvalue weighted by molar-refractivity contribution is 7.80. The van der Waals surface area contributed by atoms with Gasteiger partial charge in [0.1, 0.15) is 17.6 Å². The van der Waals surface area contributed by atoms with Crippen LogP contribution in [0.1, 0.15) is 36.9 Å². The fraction of sp³-hybridized carbons (Fsp3) is 0.238. The molecule has 29 heavy (non-hydrogen) atoms. The van der Waals surface area contributed by atoms with E-state index in [9.17, 15) is 10.1 Å². The lowest BCUT2D eigenvalue weighted by atomic mass is 10.0. The van der Waals surface area contributed by atoms with Gasteiger partial charge in [-0.25, -0.2) is 0 Å². The van der Waals surface area contributed by atoms with Crippen LogP contribution in [-0.2, 0) is 0 Å². The first-order valence-corrected chi connectivity index (χ1v) is 9.82. The van der Waals surface area contributed by atoms with E-state index in [1.165, 1.54) is 12.1 Å². The Labute approximate surface area is 173 Å². The molecule has 1 fully saturated rings. The Morgan fingerprint density at radius 3 is 2.66 bits per heavy atom. The number of non-ortho nitro benzene ring substituents is 1. The van der Waals surface area contributed by atoms with Gasteiger partial charge in [-0.3, -0.25) is 15.1 Å². The summed E-state index contributed by atoms with van der Waals surface area (Å²) in [6, 6.07) is 15.7. The van der Waals surface area contributed by atoms with Gasteiger partial charge >= 0.3 is 0 Å². The quantitative estimate of drug-likeness (QED) is 0.361. The molecule has 4 rings (SSSR count). The molecule has 3 heterocycles. The van der Waals surface area contributed by atoms with Gasteiger partial charge < -0.3 is 14.6 Å². The number of hydrogen-bond donors (Lipinski definition) is 1. The molecule has 0 spiro atoms. The number of benzene rings is 1. The maximum Gasteiger partial charge on any atom is 0.269 e. The standard InChI is InChI=1S/C21H20N4O3S/c1-2-13-24-20(19(23-21(24)29)16-5-3-4-12-22-16)18-11-10-17(28-18)14-6-8-15(9-7-14)25(26)27/h3-12,19-20H,2,13H2,1H3,(H,23,29)/t19-,20+/m0/s1. The monoisotopic (exact) mass is 408 g/mol. The van der Waals surface area contributed by atoms with Gasteiger partial charge in [0, 0.05) is 30.4 Å². The van der Waals surface area contributed by atoms with Crippen molar-refractivity contribution in [2.45, 2.75) is 25.4 Å². The lowest BCUT2D eigenvalue weighted by molar-refractivity contribution is -0.384. The van der Waals surface area contributed by atoms with Crippen molar-refractivity contribution >= 4 is 23.0 Å². The minimum atomic E-state index is -0.414. The number of nitro benzene ring substituents is 1. The average molecular weight is 408 g/mol. The summed E-state index contributed by atoms with van der Waals surface area (Å²) >= 11 is 5.58. The number of furan rings is 1. The summed E-state index contributed by atoms with van der Waals surface area (Å²) in [5.41, 5.74) is 1.73. The van der Waals surface area contributed by atoms with E-state index in [1.54, 1.807) is 18.3 Å². The molecule has 0 unspecified atom stereocenters. The van der Waals surface area contributed by atoms with E-state index < -0.39 is 4.92 Å². The summed E-state index contributed by atoms with van der Waals surface area (Å²) in [5.74, 6) is 1.43.